The summed E-state index contributed by atoms with van der Waals surface area (Å²) in [6, 6.07) is 0. The SMILES string of the molecule is Cc1nc(C2CCCCC2)c2c(CN)cn(C)c2n1. The van der Waals surface area contributed by atoms with Crippen LogP contribution in [0.3, 0.4) is 0 Å². The Bertz CT molecular complexity index is 594. The molecule has 0 spiro atoms. The average molecular weight is 258 g/mol. The molecular formula is C15H22N4. The summed E-state index contributed by atoms with van der Waals surface area (Å²) in [6.45, 7) is 2.55. The summed E-state index contributed by atoms with van der Waals surface area (Å²) in [5.41, 5.74) is 9.35. The van der Waals surface area contributed by atoms with Gasteiger partial charge in [0, 0.05) is 31.1 Å². The first-order valence-corrected chi connectivity index (χ1v) is 7.23. The van der Waals surface area contributed by atoms with Gasteiger partial charge in [0.05, 0.1) is 5.69 Å². The van der Waals surface area contributed by atoms with Crippen molar-refractivity contribution < 1.29 is 0 Å². The summed E-state index contributed by atoms with van der Waals surface area (Å²) < 4.78 is 2.08. The van der Waals surface area contributed by atoms with Crippen LogP contribution in [-0.4, -0.2) is 14.5 Å². The summed E-state index contributed by atoms with van der Waals surface area (Å²) in [6.07, 6.45) is 8.61. The molecule has 2 aromatic rings. The van der Waals surface area contributed by atoms with E-state index in [0.717, 1.165) is 11.5 Å². The molecule has 19 heavy (non-hydrogen) atoms. The van der Waals surface area contributed by atoms with Crippen LogP contribution in [0.4, 0.5) is 0 Å². The fourth-order valence-corrected chi connectivity index (χ4v) is 3.33. The van der Waals surface area contributed by atoms with Crippen molar-refractivity contribution >= 4 is 11.0 Å². The summed E-state index contributed by atoms with van der Waals surface area (Å²) in [7, 11) is 2.04. The first-order chi connectivity index (χ1) is 9.20. The number of fused-ring (bicyclic) bond motifs is 1. The van der Waals surface area contributed by atoms with Gasteiger partial charge in [-0.2, -0.15) is 0 Å². The lowest BCUT2D eigenvalue weighted by Crippen LogP contribution is -2.10. The third kappa shape index (κ3) is 2.14. The Morgan fingerprint density at radius 1 is 1.26 bits per heavy atom. The number of aryl methyl sites for hydroxylation is 2. The van der Waals surface area contributed by atoms with Crippen LogP contribution in [0, 0.1) is 6.92 Å². The van der Waals surface area contributed by atoms with Gasteiger partial charge in [-0.3, -0.25) is 0 Å². The molecule has 4 nitrogen and oxygen atoms in total. The van der Waals surface area contributed by atoms with Crippen molar-refractivity contribution in [3.63, 3.8) is 0 Å². The highest BCUT2D eigenvalue weighted by molar-refractivity contribution is 5.83. The zero-order valence-corrected chi connectivity index (χ0v) is 11.8. The number of nitrogens with zero attached hydrogens (tertiary/aromatic N) is 3. The molecule has 0 bridgehead atoms. The second-order valence-electron chi connectivity index (χ2n) is 5.66. The predicted molar refractivity (Wildman–Crippen MR) is 77.0 cm³/mol. The Labute approximate surface area is 114 Å². The maximum Gasteiger partial charge on any atom is 0.143 e. The van der Waals surface area contributed by atoms with Gasteiger partial charge in [-0.25, -0.2) is 9.97 Å². The van der Waals surface area contributed by atoms with E-state index >= 15 is 0 Å². The smallest absolute Gasteiger partial charge is 0.143 e. The van der Waals surface area contributed by atoms with Crippen LogP contribution < -0.4 is 5.73 Å². The van der Waals surface area contributed by atoms with Crippen LogP contribution in [-0.2, 0) is 13.6 Å². The summed E-state index contributed by atoms with van der Waals surface area (Å²) >= 11 is 0. The molecule has 0 saturated heterocycles. The van der Waals surface area contributed by atoms with Gasteiger partial charge in [0.15, 0.2) is 0 Å². The van der Waals surface area contributed by atoms with Gasteiger partial charge in [-0.1, -0.05) is 19.3 Å². The van der Waals surface area contributed by atoms with Gasteiger partial charge in [-0.15, -0.1) is 0 Å². The van der Waals surface area contributed by atoms with E-state index in [-0.39, 0.29) is 0 Å². The Balaban J connectivity index is 2.20. The first-order valence-electron chi connectivity index (χ1n) is 7.23. The third-order valence-electron chi connectivity index (χ3n) is 4.25. The molecule has 2 aromatic heterocycles. The van der Waals surface area contributed by atoms with Crippen molar-refractivity contribution in [1.82, 2.24) is 14.5 Å². The summed E-state index contributed by atoms with van der Waals surface area (Å²) in [5, 5.41) is 1.21. The monoisotopic (exact) mass is 258 g/mol. The van der Waals surface area contributed by atoms with Gasteiger partial charge in [0.2, 0.25) is 0 Å². The van der Waals surface area contributed by atoms with Gasteiger partial charge in [-0.05, 0) is 25.3 Å². The summed E-state index contributed by atoms with van der Waals surface area (Å²) in [4.78, 5) is 9.36. The number of aromatic nitrogens is 3. The molecule has 1 aliphatic rings. The van der Waals surface area contributed by atoms with Crippen LogP contribution in [0.5, 0.6) is 0 Å². The van der Waals surface area contributed by atoms with E-state index < -0.39 is 0 Å². The van der Waals surface area contributed by atoms with Crippen LogP contribution in [0.15, 0.2) is 6.20 Å². The molecule has 0 radical (unpaired) electrons. The van der Waals surface area contributed by atoms with Crippen molar-refractivity contribution in [3.8, 4) is 0 Å². The number of nitrogens with two attached hydrogens (primary N) is 1. The molecule has 0 atom stereocenters. The molecule has 0 aromatic carbocycles. The minimum atomic E-state index is 0.559. The molecule has 0 amide bonds. The maximum absolute atomic E-state index is 5.90. The number of rotatable bonds is 2. The molecule has 4 heteroatoms. The van der Waals surface area contributed by atoms with E-state index in [1.807, 2.05) is 14.0 Å². The summed E-state index contributed by atoms with van der Waals surface area (Å²) in [5.74, 6) is 1.46. The van der Waals surface area contributed by atoms with E-state index in [9.17, 15) is 0 Å². The van der Waals surface area contributed by atoms with E-state index in [0.29, 0.717) is 12.5 Å². The largest absolute Gasteiger partial charge is 0.335 e. The normalized spacial score (nSPS) is 17.2. The standard InChI is InChI=1S/C15H22N4/c1-10-17-14(11-6-4-3-5-7-11)13-12(8-16)9-19(2)15(13)18-10/h9,11H,3-8,16H2,1-2H3. The lowest BCUT2D eigenvalue weighted by Gasteiger charge is -2.22. The predicted octanol–water partition coefficient (Wildman–Crippen LogP) is 2.78. The minimum Gasteiger partial charge on any atom is -0.335 e. The van der Waals surface area contributed by atoms with Gasteiger partial charge >= 0.3 is 0 Å². The highest BCUT2D eigenvalue weighted by Gasteiger charge is 2.22. The van der Waals surface area contributed by atoms with E-state index in [1.165, 1.54) is 48.7 Å². The van der Waals surface area contributed by atoms with Gasteiger partial charge in [0.25, 0.3) is 0 Å². The van der Waals surface area contributed by atoms with Crippen molar-refractivity contribution in [3.05, 3.63) is 23.3 Å². The van der Waals surface area contributed by atoms with E-state index in [1.54, 1.807) is 0 Å². The highest BCUT2D eigenvalue weighted by atomic mass is 15.0. The third-order valence-corrected chi connectivity index (χ3v) is 4.25. The van der Waals surface area contributed by atoms with Crippen LogP contribution in [0.1, 0.15) is 55.1 Å². The molecule has 0 aliphatic heterocycles. The molecule has 2 heterocycles. The lowest BCUT2D eigenvalue weighted by molar-refractivity contribution is 0.438. The zero-order valence-electron chi connectivity index (χ0n) is 11.8. The lowest BCUT2D eigenvalue weighted by atomic mass is 9.85. The number of hydrogen-bond donors (Lipinski definition) is 1. The van der Waals surface area contributed by atoms with Crippen molar-refractivity contribution in [2.24, 2.45) is 12.8 Å². The van der Waals surface area contributed by atoms with Crippen molar-refractivity contribution in [1.29, 1.82) is 0 Å². The minimum absolute atomic E-state index is 0.559. The van der Waals surface area contributed by atoms with Gasteiger partial charge < -0.3 is 10.3 Å². The van der Waals surface area contributed by atoms with Crippen LogP contribution in [0.2, 0.25) is 0 Å². The molecular weight excluding hydrogens is 236 g/mol. The van der Waals surface area contributed by atoms with E-state index in [2.05, 4.69) is 15.7 Å². The van der Waals surface area contributed by atoms with Gasteiger partial charge in [0.1, 0.15) is 11.5 Å². The second-order valence-corrected chi connectivity index (χ2v) is 5.66. The van der Waals surface area contributed by atoms with Crippen molar-refractivity contribution in [2.75, 3.05) is 0 Å². The molecule has 1 saturated carbocycles. The van der Waals surface area contributed by atoms with E-state index in [4.69, 9.17) is 10.7 Å². The Morgan fingerprint density at radius 3 is 2.68 bits per heavy atom. The maximum atomic E-state index is 5.90. The Kier molecular flexibility index (Phi) is 3.27. The van der Waals surface area contributed by atoms with Crippen LogP contribution in [0.25, 0.3) is 11.0 Å². The Hall–Kier alpha value is -1.42. The zero-order chi connectivity index (χ0) is 13.4. The average Bonchev–Trinajstić information content (AvgIpc) is 2.76. The second kappa shape index (κ2) is 4.93. The first kappa shape index (κ1) is 12.6. The molecule has 102 valence electrons. The van der Waals surface area contributed by atoms with Crippen LogP contribution >= 0.6 is 0 Å². The molecule has 1 aliphatic carbocycles. The number of hydrogen-bond acceptors (Lipinski definition) is 3. The van der Waals surface area contributed by atoms with Crippen molar-refractivity contribution in [2.45, 2.75) is 51.5 Å². The fraction of sp³-hybridized carbons (Fsp3) is 0.600. The fourth-order valence-electron chi connectivity index (χ4n) is 3.33. The molecule has 1 fully saturated rings. The quantitative estimate of drug-likeness (QED) is 0.901. The topological polar surface area (TPSA) is 56.7 Å². The highest BCUT2D eigenvalue weighted by Crippen LogP contribution is 2.36. The molecule has 3 rings (SSSR count). The molecule has 2 N–H and O–H groups in total. The molecule has 0 unspecified atom stereocenters. The Morgan fingerprint density at radius 2 is 2.00 bits per heavy atom.